The molecule has 2 N–H and O–H groups in total. The molecule has 0 spiro atoms. The average Bonchev–Trinajstić information content (AvgIpc) is 3.00. The zero-order valence-corrected chi connectivity index (χ0v) is 14.2. The molecule has 0 aliphatic carbocycles. The predicted molar refractivity (Wildman–Crippen MR) is 94.9 cm³/mol. The zero-order valence-electron chi connectivity index (χ0n) is 14.2. The second-order valence-corrected chi connectivity index (χ2v) is 6.11. The van der Waals surface area contributed by atoms with Crippen LogP contribution in [0.5, 0.6) is 11.5 Å². The second-order valence-electron chi connectivity index (χ2n) is 6.11. The molecule has 0 bridgehead atoms. The van der Waals surface area contributed by atoms with E-state index in [1.807, 2.05) is 6.92 Å². The molecular weight excluding hydrogens is 320 g/mol. The fraction of sp³-hybridized carbons (Fsp3) is 0.263. The van der Waals surface area contributed by atoms with E-state index in [4.69, 9.17) is 4.74 Å². The first-order chi connectivity index (χ1) is 12.0. The van der Waals surface area contributed by atoms with E-state index in [2.05, 4.69) is 5.32 Å². The highest BCUT2D eigenvalue weighted by atomic mass is 16.5. The Balaban J connectivity index is 1.70. The van der Waals surface area contributed by atoms with Crippen molar-refractivity contribution in [2.45, 2.75) is 13.3 Å². The molecule has 1 unspecified atom stereocenters. The van der Waals surface area contributed by atoms with Crippen LogP contribution in [0, 0.1) is 12.8 Å². The summed E-state index contributed by atoms with van der Waals surface area (Å²) in [5, 5.41) is 12.6. The maximum atomic E-state index is 12.5. The Morgan fingerprint density at radius 1 is 1.24 bits per heavy atom. The number of nitrogens with zero attached hydrogens (tertiary/aromatic N) is 1. The highest BCUT2D eigenvalue weighted by Crippen LogP contribution is 2.29. The van der Waals surface area contributed by atoms with E-state index in [1.54, 1.807) is 48.4 Å². The fourth-order valence-electron chi connectivity index (χ4n) is 2.88. The van der Waals surface area contributed by atoms with Crippen molar-refractivity contribution in [3.05, 3.63) is 48.0 Å². The largest absolute Gasteiger partial charge is 0.506 e. The van der Waals surface area contributed by atoms with Crippen LogP contribution in [0.1, 0.15) is 12.0 Å². The topological polar surface area (TPSA) is 78.9 Å². The summed E-state index contributed by atoms with van der Waals surface area (Å²) in [5.41, 5.74) is 2.02. The molecule has 1 aliphatic rings. The van der Waals surface area contributed by atoms with Gasteiger partial charge >= 0.3 is 0 Å². The molecule has 2 aromatic carbocycles. The number of aromatic hydroxyl groups is 1. The maximum Gasteiger partial charge on any atom is 0.229 e. The number of carbonyl (C=O) groups excluding carboxylic acids is 2. The van der Waals surface area contributed by atoms with Gasteiger partial charge in [-0.3, -0.25) is 9.59 Å². The molecular formula is C19H20N2O4. The summed E-state index contributed by atoms with van der Waals surface area (Å²) >= 11 is 0. The lowest BCUT2D eigenvalue weighted by atomic mass is 10.1. The second kappa shape index (κ2) is 6.84. The number of aryl methyl sites for hydroxylation is 1. The highest BCUT2D eigenvalue weighted by molar-refractivity contribution is 6.03. The molecule has 2 aromatic rings. The van der Waals surface area contributed by atoms with Crippen molar-refractivity contribution in [1.82, 2.24) is 0 Å². The third kappa shape index (κ3) is 3.57. The molecule has 1 fully saturated rings. The van der Waals surface area contributed by atoms with Crippen LogP contribution in [0.25, 0.3) is 0 Å². The Bertz CT molecular complexity index is 802. The summed E-state index contributed by atoms with van der Waals surface area (Å²) in [6.07, 6.45) is 0.143. The van der Waals surface area contributed by atoms with Crippen LogP contribution < -0.4 is 15.0 Å². The minimum Gasteiger partial charge on any atom is -0.506 e. The molecule has 0 saturated carbocycles. The molecule has 130 valence electrons. The fourth-order valence-corrected chi connectivity index (χ4v) is 2.88. The molecule has 3 rings (SSSR count). The van der Waals surface area contributed by atoms with Gasteiger partial charge < -0.3 is 20.1 Å². The molecule has 1 aliphatic heterocycles. The van der Waals surface area contributed by atoms with E-state index in [1.165, 1.54) is 6.07 Å². The zero-order chi connectivity index (χ0) is 18.0. The van der Waals surface area contributed by atoms with Crippen molar-refractivity contribution in [3.63, 3.8) is 0 Å². The highest BCUT2D eigenvalue weighted by Gasteiger charge is 2.35. The molecule has 6 nitrogen and oxygen atoms in total. The van der Waals surface area contributed by atoms with Crippen LogP contribution in [0.4, 0.5) is 11.4 Å². The van der Waals surface area contributed by atoms with Crippen LogP contribution in [-0.2, 0) is 9.59 Å². The minimum atomic E-state index is -0.463. The molecule has 0 radical (unpaired) electrons. The monoisotopic (exact) mass is 340 g/mol. The van der Waals surface area contributed by atoms with Crippen LogP contribution in [0.3, 0.4) is 0 Å². The van der Waals surface area contributed by atoms with E-state index >= 15 is 0 Å². The lowest BCUT2D eigenvalue weighted by Crippen LogP contribution is -2.28. The van der Waals surface area contributed by atoms with Crippen molar-refractivity contribution in [2.75, 3.05) is 23.9 Å². The van der Waals surface area contributed by atoms with Gasteiger partial charge in [0.15, 0.2) is 0 Å². The number of carbonyl (C=O) groups is 2. The van der Waals surface area contributed by atoms with Crippen molar-refractivity contribution < 1.29 is 19.4 Å². The maximum absolute atomic E-state index is 12.5. The number of benzene rings is 2. The number of ether oxygens (including phenoxy) is 1. The van der Waals surface area contributed by atoms with Gasteiger partial charge in [-0.05, 0) is 48.9 Å². The number of phenols is 1. The molecule has 0 aromatic heterocycles. The van der Waals surface area contributed by atoms with Crippen LogP contribution in [-0.4, -0.2) is 30.6 Å². The summed E-state index contributed by atoms with van der Waals surface area (Å²) in [5.74, 6) is -0.117. The van der Waals surface area contributed by atoms with Crippen LogP contribution in [0.15, 0.2) is 42.5 Å². The molecule has 25 heavy (non-hydrogen) atoms. The Morgan fingerprint density at radius 3 is 2.64 bits per heavy atom. The Kier molecular flexibility index (Phi) is 4.61. The summed E-state index contributed by atoms with van der Waals surface area (Å²) < 4.78 is 5.11. The van der Waals surface area contributed by atoms with Gasteiger partial charge in [-0.15, -0.1) is 0 Å². The van der Waals surface area contributed by atoms with Gasteiger partial charge in [0.05, 0.1) is 18.7 Å². The molecule has 6 heteroatoms. The van der Waals surface area contributed by atoms with Gasteiger partial charge in [-0.25, -0.2) is 0 Å². The Hall–Kier alpha value is -3.02. The van der Waals surface area contributed by atoms with E-state index in [9.17, 15) is 14.7 Å². The third-order valence-corrected chi connectivity index (χ3v) is 4.29. The summed E-state index contributed by atoms with van der Waals surface area (Å²) in [7, 11) is 1.58. The quantitative estimate of drug-likeness (QED) is 0.839. The number of rotatable bonds is 4. The Labute approximate surface area is 146 Å². The van der Waals surface area contributed by atoms with Gasteiger partial charge in [0.1, 0.15) is 11.5 Å². The number of methoxy groups -OCH3 is 1. The SMILES string of the molecule is COc1ccc(N2CC(C(=O)Nc3cc(C)ccc3O)CC2=O)cc1. The van der Waals surface area contributed by atoms with Crippen molar-refractivity contribution in [3.8, 4) is 11.5 Å². The standard InChI is InChI=1S/C19H20N2O4/c1-12-3-8-17(22)16(9-12)20-19(24)13-10-18(23)21(11-13)14-4-6-15(25-2)7-5-14/h3-9,13,22H,10-11H2,1-2H3,(H,20,24). The third-order valence-electron chi connectivity index (χ3n) is 4.29. The number of hydrogen-bond acceptors (Lipinski definition) is 4. The number of nitrogens with one attached hydrogen (secondary N) is 1. The summed E-state index contributed by atoms with van der Waals surface area (Å²) in [6.45, 7) is 2.18. The molecule has 1 atom stereocenters. The minimum absolute atomic E-state index is 0.00952. The number of phenolic OH excluding ortho intramolecular Hbond substituents is 1. The number of anilines is 2. The predicted octanol–water partition coefficient (Wildman–Crippen LogP) is 2.70. The van der Waals surface area contributed by atoms with Crippen molar-refractivity contribution in [2.24, 2.45) is 5.92 Å². The van der Waals surface area contributed by atoms with E-state index < -0.39 is 5.92 Å². The lowest BCUT2D eigenvalue weighted by molar-refractivity contribution is -0.122. The van der Waals surface area contributed by atoms with Crippen LogP contribution in [0.2, 0.25) is 0 Å². The van der Waals surface area contributed by atoms with Gasteiger partial charge in [0.25, 0.3) is 0 Å². The van der Waals surface area contributed by atoms with E-state index in [-0.39, 0.29) is 24.0 Å². The smallest absolute Gasteiger partial charge is 0.229 e. The average molecular weight is 340 g/mol. The van der Waals surface area contributed by atoms with Gasteiger partial charge in [0, 0.05) is 18.7 Å². The summed E-state index contributed by atoms with van der Waals surface area (Å²) in [4.78, 5) is 26.4. The van der Waals surface area contributed by atoms with Gasteiger partial charge in [-0.2, -0.15) is 0 Å². The van der Waals surface area contributed by atoms with Gasteiger partial charge in [0.2, 0.25) is 11.8 Å². The molecule has 2 amide bonds. The van der Waals surface area contributed by atoms with Crippen molar-refractivity contribution >= 4 is 23.2 Å². The molecule has 1 heterocycles. The van der Waals surface area contributed by atoms with Gasteiger partial charge in [-0.1, -0.05) is 6.07 Å². The lowest BCUT2D eigenvalue weighted by Gasteiger charge is -2.17. The summed E-state index contributed by atoms with van der Waals surface area (Å²) in [6, 6.07) is 12.1. The first-order valence-corrected chi connectivity index (χ1v) is 8.03. The van der Waals surface area contributed by atoms with E-state index in [0.717, 1.165) is 11.3 Å². The number of amides is 2. The van der Waals surface area contributed by atoms with Crippen molar-refractivity contribution in [1.29, 1.82) is 0 Å². The first-order valence-electron chi connectivity index (χ1n) is 8.03. The van der Waals surface area contributed by atoms with E-state index in [0.29, 0.717) is 18.0 Å². The molecule has 1 saturated heterocycles. The normalized spacial score (nSPS) is 16.8. The van der Waals surface area contributed by atoms with Crippen LogP contribution >= 0.6 is 0 Å². The first kappa shape index (κ1) is 16.8. The number of hydrogen-bond donors (Lipinski definition) is 2. The Morgan fingerprint density at radius 2 is 1.96 bits per heavy atom.